The second-order valence-electron chi connectivity index (χ2n) is 13.4. The highest BCUT2D eigenvalue weighted by atomic mass is 35.5. The topological polar surface area (TPSA) is 64.1 Å². The molecule has 0 radical (unpaired) electrons. The molecular weight excluding hydrogens is 579 g/mol. The number of rotatable bonds is 6. The molecule has 230 valence electrons. The van der Waals surface area contributed by atoms with E-state index in [1.807, 2.05) is 18.2 Å². The number of halogens is 4. The molecule has 10 heteroatoms. The van der Waals surface area contributed by atoms with Crippen LogP contribution in [-0.4, -0.2) is 71.2 Å². The third kappa shape index (κ3) is 4.64. The fraction of sp³-hybridized carbons (Fsp3) is 0.576. The molecule has 1 N–H and O–H groups in total. The number of nitrogens with zero attached hydrogens (tertiary/aromatic N) is 3. The molecule has 0 aromatic heterocycles. The average molecular weight is 616 g/mol. The molecule has 3 heterocycles. The zero-order valence-electron chi connectivity index (χ0n) is 24.0. The number of aliphatic hydroxyl groups is 1. The predicted octanol–water partition coefficient (Wildman–Crippen LogP) is 6.01. The van der Waals surface area contributed by atoms with Crippen LogP contribution >= 0.6 is 11.6 Å². The second-order valence-corrected chi connectivity index (χ2v) is 13.8. The maximum Gasteiger partial charge on any atom is 0.430 e. The molecule has 2 saturated carbocycles. The molecule has 2 amide bonds. The van der Waals surface area contributed by atoms with Crippen molar-refractivity contribution in [3.05, 3.63) is 64.7 Å². The van der Waals surface area contributed by atoms with Crippen LogP contribution in [-0.2, 0) is 10.4 Å². The van der Waals surface area contributed by atoms with E-state index in [4.69, 9.17) is 11.6 Å². The number of carbonyl (C=O) groups excluding carboxylic acids is 2. The molecule has 4 atom stereocenters. The lowest BCUT2D eigenvalue weighted by atomic mass is 9.68. The Bertz CT molecular complexity index is 1410. The summed E-state index contributed by atoms with van der Waals surface area (Å²) in [7, 11) is 0. The maximum absolute atomic E-state index is 14.0. The number of hydrogen-bond acceptors (Lipinski definition) is 4. The fourth-order valence-electron chi connectivity index (χ4n) is 8.38. The van der Waals surface area contributed by atoms with Crippen molar-refractivity contribution >= 4 is 29.1 Å². The molecular formula is C33H37ClF3N3O3. The zero-order valence-corrected chi connectivity index (χ0v) is 24.8. The van der Waals surface area contributed by atoms with E-state index in [0.717, 1.165) is 63.0 Å². The van der Waals surface area contributed by atoms with Gasteiger partial charge in [0.15, 0.2) is 0 Å². The van der Waals surface area contributed by atoms with Crippen molar-refractivity contribution in [2.75, 3.05) is 31.1 Å². The molecule has 7 rings (SSSR count). The first kappa shape index (κ1) is 29.0. The van der Waals surface area contributed by atoms with E-state index in [9.17, 15) is 27.9 Å². The molecule has 43 heavy (non-hydrogen) atoms. The van der Waals surface area contributed by atoms with Gasteiger partial charge in [-0.1, -0.05) is 41.9 Å². The minimum absolute atomic E-state index is 0.0639. The monoisotopic (exact) mass is 615 g/mol. The van der Waals surface area contributed by atoms with Crippen molar-refractivity contribution in [3.8, 4) is 0 Å². The van der Waals surface area contributed by atoms with Gasteiger partial charge in [-0.3, -0.25) is 9.59 Å². The Morgan fingerprint density at radius 3 is 2.09 bits per heavy atom. The van der Waals surface area contributed by atoms with Gasteiger partial charge in [-0.2, -0.15) is 13.2 Å². The van der Waals surface area contributed by atoms with Gasteiger partial charge in [0, 0.05) is 54.9 Å². The summed E-state index contributed by atoms with van der Waals surface area (Å²) in [6, 6.07) is 13.3. The molecule has 2 aromatic rings. The highest BCUT2D eigenvalue weighted by Gasteiger charge is 2.78. The fourth-order valence-corrected chi connectivity index (χ4v) is 8.64. The highest BCUT2D eigenvalue weighted by Crippen LogP contribution is 2.73. The van der Waals surface area contributed by atoms with Crippen LogP contribution in [0.15, 0.2) is 48.5 Å². The summed E-state index contributed by atoms with van der Waals surface area (Å²) in [6.45, 7) is 2.16. The van der Waals surface area contributed by atoms with Gasteiger partial charge in [-0.25, -0.2) is 0 Å². The van der Waals surface area contributed by atoms with Crippen LogP contribution in [0.2, 0.25) is 5.02 Å². The van der Waals surface area contributed by atoms with Crippen LogP contribution in [0, 0.1) is 17.3 Å². The first-order chi connectivity index (χ1) is 20.5. The summed E-state index contributed by atoms with van der Waals surface area (Å²) >= 11 is 6.63. The minimum Gasteiger partial charge on any atom is -0.371 e. The summed E-state index contributed by atoms with van der Waals surface area (Å²) < 4.78 is 41.9. The van der Waals surface area contributed by atoms with Gasteiger partial charge in [0.2, 0.25) is 0 Å². The Labute approximate surface area is 254 Å². The first-order valence-corrected chi connectivity index (χ1v) is 15.9. The number of hydrogen-bond donors (Lipinski definition) is 1. The van der Waals surface area contributed by atoms with Gasteiger partial charge < -0.3 is 19.8 Å². The Hall–Kier alpha value is -2.78. The second kappa shape index (κ2) is 10.4. The predicted molar refractivity (Wildman–Crippen MR) is 157 cm³/mol. The van der Waals surface area contributed by atoms with Crippen LogP contribution in [0.1, 0.15) is 67.3 Å². The summed E-state index contributed by atoms with van der Waals surface area (Å²) in [5, 5.41) is 11.2. The van der Waals surface area contributed by atoms with Crippen molar-refractivity contribution in [2.45, 2.75) is 75.2 Å². The standard InChI is InChI=1S/C33H37ClF3N3O3/c34-26-19-24(6-7-25(26)29(41)40-27-8-13-31(27)20-28(31)40)38-14-9-21(10-15-38)18-22-11-16-39(17-12-22)30(42)32(43,33(35,36)37)23-4-2-1-3-5-23/h1-7,19,21-22,27-28,43H,8-18,20H2/t27?,28?,31?,32-/m1/s1. The molecule has 3 aliphatic heterocycles. The molecule has 3 unspecified atom stereocenters. The highest BCUT2D eigenvalue weighted by molar-refractivity contribution is 6.34. The maximum atomic E-state index is 14.0. The molecule has 6 nitrogen and oxygen atoms in total. The molecule has 2 aliphatic carbocycles. The van der Waals surface area contributed by atoms with E-state index >= 15 is 0 Å². The normalized spacial score (nSPS) is 28.7. The van der Waals surface area contributed by atoms with E-state index in [0.29, 0.717) is 52.8 Å². The van der Waals surface area contributed by atoms with Crippen LogP contribution in [0.25, 0.3) is 0 Å². The van der Waals surface area contributed by atoms with Gasteiger partial charge in [0.1, 0.15) is 0 Å². The smallest absolute Gasteiger partial charge is 0.371 e. The molecule has 5 aliphatic rings. The number of carbonyl (C=O) groups is 2. The van der Waals surface area contributed by atoms with Gasteiger partial charge in [0.05, 0.1) is 10.6 Å². The molecule has 2 aromatic carbocycles. The summed E-state index contributed by atoms with van der Waals surface area (Å²) in [6.07, 6.45) is 2.63. The number of anilines is 1. The van der Waals surface area contributed by atoms with Crippen molar-refractivity contribution in [1.82, 2.24) is 9.80 Å². The molecule has 3 saturated heterocycles. The number of likely N-dealkylation sites (tertiary alicyclic amines) is 2. The zero-order chi connectivity index (χ0) is 30.1. The number of benzene rings is 2. The average Bonchev–Trinajstić information content (AvgIpc) is 3.73. The SMILES string of the molecule is O=C(c1ccc(N2CCC(CC3CCN(C(=O)[C@](O)(c4ccccc4)C(F)(F)F)CC3)CC2)cc1Cl)N1C2CCC23CC13. The Kier molecular flexibility index (Phi) is 7.00. The van der Waals surface area contributed by atoms with Crippen LogP contribution < -0.4 is 4.90 Å². The van der Waals surface area contributed by atoms with Crippen molar-refractivity contribution in [3.63, 3.8) is 0 Å². The lowest BCUT2D eigenvalue weighted by Crippen LogP contribution is -2.64. The number of amides is 2. The van der Waals surface area contributed by atoms with E-state index in [2.05, 4.69) is 9.80 Å². The first-order valence-electron chi connectivity index (χ1n) is 15.5. The lowest BCUT2D eigenvalue weighted by Gasteiger charge is -2.55. The Morgan fingerprint density at radius 1 is 0.907 bits per heavy atom. The Morgan fingerprint density at radius 2 is 1.56 bits per heavy atom. The summed E-state index contributed by atoms with van der Waals surface area (Å²) in [5.41, 5.74) is -1.92. The van der Waals surface area contributed by atoms with Crippen molar-refractivity contribution in [2.24, 2.45) is 17.3 Å². The van der Waals surface area contributed by atoms with Gasteiger partial charge >= 0.3 is 6.18 Å². The summed E-state index contributed by atoms with van der Waals surface area (Å²) in [5.74, 6) is -0.394. The van der Waals surface area contributed by atoms with E-state index < -0.39 is 23.2 Å². The minimum atomic E-state index is -5.12. The van der Waals surface area contributed by atoms with Crippen LogP contribution in [0.4, 0.5) is 18.9 Å². The van der Waals surface area contributed by atoms with Crippen LogP contribution in [0.3, 0.4) is 0 Å². The van der Waals surface area contributed by atoms with E-state index in [-0.39, 0.29) is 19.0 Å². The number of piperidine rings is 3. The van der Waals surface area contributed by atoms with E-state index in [1.165, 1.54) is 23.5 Å². The van der Waals surface area contributed by atoms with Crippen molar-refractivity contribution in [1.29, 1.82) is 0 Å². The quantitative estimate of drug-likeness (QED) is 0.432. The van der Waals surface area contributed by atoms with Gasteiger partial charge in [-0.05, 0) is 81.4 Å². The van der Waals surface area contributed by atoms with Gasteiger partial charge in [-0.15, -0.1) is 0 Å². The number of alkyl halides is 3. The third-order valence-corrected chi connectivity index (χ3v) is 11.5. The van der Waals surface area contributed by atoms with E-state index in [1.54, 1.807) is 6.07 Å². The molecule has 1 spiro atoms. The summed E-state index contributed by atoms with van der Waals surface area (Å²) in [4.78, 5) is 31.7. The van der Waals surface area contributed by atoms with Crippen molar-refractivity contribution < 1.29 is 27.9 Å². The Balaban J connectivity index is 0.900. The largest absolute Gasteiger partial charge is 0.430 e. The third-order valence-electron chi connectivity index (χ3n) is 11.2. The molecule has 0 bridgehead atoms. The molecule has 5 fully saturated rings. The van der Waals surface area contributed by atoms with Gasteiger partial charge in [0.25, 0.3) is 17.4 Å². The van der Waals surface area contributed by atoms with Crippen LogP contribution in [0.5, 0.6) is 0 Å². The lowest BCUT2D eigenvalue weighted by molar-refractivity contribution is -0.262.